The smallest absolute Gasteiger partial charge is 0.415 e. The van der Waals surface area contributed by atoms with Crippen LogP contribution in [0.15, 0.2) is 24.3 Å². The molecule has 24 heavy (non-hydrogen) atoms. The molecule has 1 spiro atoms. The molecule has 128 valence electrons. The van der Waals surface area contributed by atoms with Gasteiger partial charge < -0.3 is 10.1 Å². The zero-order valence-corrected chi connectivity index (χ0v) is 14.2. The number of anilines is 1. The van der Waals surface area contributed by atoms with E-state index in [1.54, 1.807) is 0 Å². The van der Waals surface area contributed by atoms with E-state index in [0.29, 0.717) is 6.04 Å². The molecule has 4 heteroatoms. The van der Waals surface area contributed by atoms with Crippen molar-refractivity contribution in [3.63, 3.8) is 0 Å². The van der Waals surface area contributed by atoms with Gasteiger partial charge in [0.2, 0.25) is 0 Å². The van der Waals surface area contributed by atoms with E-state index < -0.39 is 5.60 Å². The third-order valence-corrected chi connectivity index (χ3v) is 6.77. The standard InChI is InChI=1S/C20H26N2O2/c23-19-22(16-12-14-5-6-15(11-14)13-16)18-4-2-1-3-17(18)20(24-19)7-9-21-10-8-20/h1-4,14-16,21H,5-13H2. The topological polar surface area (TPSA) is 41.6 Å². The van der Waals surface area contributed by atoms with Gasteiger partial charge in [-0.15, -0.1) is 0 Å². The number of hydrogen-bond acceptors (Lipinski definition) is 3. The van der Waals surface area contributed by atoms with Crippen molar-refractivity contribution in [1.29, 1.82) is 0 Å². The van der Waals surface area contributed by atoms with Gasteiger partial charge in [-0.05, 0) is 50.3 Å². The quantitative estimate of drug-likeness (QED) is 0.853. The number of fused-ring (bicyclic) bond motifs is 4. The highest BCUT2D eigenvalue weighted by Crippen LogP contribution is 2.49. The fourth-order valence-electron chi connectivity index (χ4n) is 5.67. The third kappa shape index (κ3) is 2.19. The molecule has 3 fully saturated rings. The maximum Gasteiger partial charge on any atom is 0.415 e. The van der Waals surface area contributed by atoms with Crippen LogP contribution in [0.5, 0.6) is 0 Å². The largest absolute Gasteiger partial charge is 0.437 e. The minimum Gasteiger partial charge on any atom is -0.437 e. The second-order valence-electron chi connectivity index (χ2n) is 8.17. The van der Waals surface area contributed by atoms with Gasteiger partial charge >= 0.3 is 6.09 Å². The first-order valence-corrected chi connectivity index (χ1v) is 9.58. The van der Waals surface area contributed by atoms with Gasteiger partial charge in [-0.25, -0.2) is 4.79 Å². The molecule has 1 saturated heterocycles. The lowest BCUT2D eigenvalue weighted by Gasteiger charge is -2.47. The average molecular weight is 326 g/mol. The Morgan fingerprint density at radius 1 is 1.04 bits per heavy atom. The molecule has 2 saturated carbocycles. The molecule has 1 amide bonds. The van der Waals surface area contributed by atoms with Gasteiger partial charge in [0.05, 0.1) is 5.69 Å². The lowest BCUT2D eigenvalue weighted by Crippen LogP contribution is -2.54. The summed E-state index contributed by atoms with van der Waals surface area (Å²) in [4.78, 5) is 15.1. The SMILES string of the molecule is O=C1OC2(CCNCC2)c2ccccc2N1C1CC2CCC(C2)C1. The van der Waals surface area contributed by atoms with Crippen LogP contribution in [0.3, 0.4) is 0 Å². The van der Waals surface area contributed by atoms with Crippen molar-refractivity contribution in [1.82, 2.24) is 5.32 Å². The van der Waals surface area contributed by atoms with Crippen LogP contribution < -0.4 is 10.2 Å². The van der Waals surface area contributed by atoms with E-state index in [9.17, 15) is 4.79 Å². The van der Waals surface area contributed by atoms with E-state index in [1.807, 2.05) is 4.90 Å². The van der Waals surface area contributed by atoms with Gasteiger partial charge in [0.15, 0.2) is 0 Å². The van der Waals surface area contributed by atoms with Gasteiger partial charge in [0.1, 0.15) is 5.60 Å². The normalized spacial score (nSPS) is 34.1. The number of carbonyl (C=O) groups is 1. The van der Waals surface area contributed by atoms with Gasteiger partial charge in [-0.3, -0.25) is 4.90 Å². The number of carbonyl (C=O) groups excluding carboxylic acids is 1. The van der Waals surface area contributed by atoms with Crippen molar-refractivity contribution in [2.45, 2.75) is 56.6 Å². The Morgan fingerprint density at radius 3 is 2.50 bits per heavy atom. The van der Waals surface area contributed by atoms with Crippen LogP contribution in [-0.2, 0) is 10.3 Å². The van der Waals surface area contributed by atoms with Crippen LogP contribution >= 0.6 is 0 Å². The predicted octanol–water partition coefficient (Wildman–Crippen LogP) is 3.80. The molecule has 1 aromatic rings. The molecule has 1 aromatic carbocycles. The molecular formula is C20H26N2O2. The minimum atomic E-state index is -0.414. The lowest BCUT2D eigenvalue weighted by atomic mass is 9.80. The highest BCUT2D eigenvalue weighted by molar-refractivity contribution is 5.92. The number of hydrogen-bond donors (Lipinski definition) is 1. The second-order valence-corrected chi connectivity index (χ2v) is 8.17. The first-order chi connectivity index (χ1) is 11.8. The number of ether oxygens (including phenoxy) is 1. The summed E-state index contributed by atoms with van der Waals surface area (Å²) in [5.41, 5.74) is 1.93. The maximum atomic E-state index is 13.0. The van der Waals surface area contributed by atoms with E-state index >= 15 is 0 Å². The monoisotopic (exact) mass is 326 g/mol. The van der Waals surface area contributed by atoms with E-state index in [0.717, 1.165) is 56.3 Å². The van der Waals surface area contributed by atoms with Crippen molar-refractivity contribution < 1.29 is 9.53 Å². The fourth-order valence-corrected chi connectivity index (χ4v) is 5.67. The second kappa shape index (κ2) is 5.48. The fraction of sp³-hybridized carbons (Fsp3) is 0.650. The van der Waals surface area contributed by atoms with E-state index in [-0.39, 0.29) is 6.09 Å². The molecule has 4 nitrogen and oxygen atoms in total. The van der Waals surface area contributed by atoms with Gasteiger partial charge in [-0.2, -0.15) is 0 Å². The number of amides is 1. The molecule has 5 rings (SSSR count). The van der Waals surface area contributed by atoms with Crippen LogP contribution in [0.2, 0.25) is 0 Å². The summed E-state index contributed by atoms with van der Waals surface area (Å²) in [6, 6.07) is 8.79. The summed E-state index contributed by atoms with van der Waals surface area (Å²) in [7, 11) is 0. The Kier molecular flexibility index (Phi) is 3.37. The number of benzene rings is 1. The predicted molar refractivity (Wildman–Crippen MR) is 93.0 cm³/mol. The third-order valence-electron chi connectivity index (χ3n) is 6.77. The van der Waals surface area contributed by atoms with Crippen LogP contribution in [0.4, 0.5) is 10.5 Å². The van der Waals surface area contributed by atoms with Gasteiger partial charge in [0.25, 0.3) is 0 Å². The Balaban J connectivity index is 1.54. The molecular weight excluding hydrogens is 300 g/mol. The Labute approximate surface area is 143 Å². The summed E-state index contributed by atoms with van der Waals surface area (Å²) in [5.74, 6) is 1.62. The summed E-state index contributed by atoms with van der Waals surface area (Å²) in [6.45, 7) is 1.82. The van der Waals surface area contributed by atoms with Crippen molar-refractivity contribution in [3.05, 3.63) is 29.8 Å². The lowest BCUT2D eigenvalue weighted by molar-refractivity contribution is -0.0199. The van der Waals surface area contributed by atoms with Crippen molar-refractivity contribution in [2.24, 2.45) is 11.8 Å². The number of piperidine rings is 1. The van der Waals surface area contributed by atoms with Crippen LogP contribution in [0.1, 0.15) is 50.5 Å². The molecule has 2 aliphatic heterocycles. The summed E-state index contributed by atoms with van der Waals surface area (Å²) in [5, 5.41) is 3.39. The molecule has 0 aromatic heterocycles. The number of nitrogens with one attached hydrogen (secondary N) is 1. The molecule has 2 aliphatic carbocycles. The Morgan fingerprint density at radius 2 is 1.75 bits per heavy atom. The average Bonchev–Trinajstić information content (AvgIpc) is 2.94. The Hall–Kier alpha value is -1.55. The van der Waals surface area contributed by atoms with Crippen molar-refractivity contribution >= 4 is 11.8 Å². The molecule has 1 N–H and O–H groups in total. The maximum absolute atomic E-state index is 13.0. The van der Waals surface area contributed by atoms with E-state index in [4.69, 9.17) is 4.74 Å². The number of nitrogens with zero attached hydrogens (tertiary/aromatic N) is 1. The van der Waals surface area contributed by atoms with Crippen LogP contribution in [-0.4, -0.2) is 25.2 Å². The van der Waals surface area contributed by atoms with Gasteiger partial charge in [0, 0.05) is 24.4 Å². The highest BCUT2D eigenvalue weighted by Gasteiger charge is 2.48. The minimum absolute atomic E-state index is 0.109. The Bertz CT molecular complexity index is 641. The number of para-hydroxylation sites is 1. The first-order valence-electron chi connectivity index (χ1n) is 9.58. The molecule has 2 bridgehead atoms. The molecule has 4 aliphatic rings. The van der Waals surface area contributed by atoms with E-state index in [2.05, 4.69) is 29.6 Å². The summed E-state index contributed by atoms with van der Waals surface area (Å²) >= 11 is 0. The van der Waals surface area contributed by atoms with E-state index in [1.165, 1.54) is 24.8 Å². The van der Waals surface area contributed by atoms with Crippen LogP contribution in [0, 0.1) is 11.8 Å². The molecule has 2 atom stereocenters. The zero-order valence-electron chi connectivity index (χ0n) is 14.2. The molecule has 2 heterocycles. The summed E-state index contributed by atoms with van der Waals surface area (Å²) in [6.07, 6.45) is 8.00. The summed E-state index contributed by atoms with van der Waals surface area (Å²) < 4.78 is 6.14. The van der Waals surface area contributed by atoms with Crippen molar-refractivity contribution in [2.75, 3.05) is 18.0 Å². The first kappa shape index (κ1) is 14.8. The molecule has 2 unspecified atom stereocenters. The van der Waals surface area contributed by atoms with Crippen LogP contribution in [0.25, 0.3) is 0 Å². The molecule has 0 radical (unpaired) electrons. The number of rotatable bonds is 1. The van der Waals surface area contributed by atoms with Crippen molar-refractivity contribution in [3.8, 4) is 0 Å². The zero-order chi connectivity index (χ0) is 16.1. The highest BCUT2D eigenvalue weighted by atomic mass is 16.6. The van der Waals surface area contributed by atoms with Gasteiger partial charge in [-0.1, -0.05) is 31.0 Å².